The smallest absolute Gasteiger partial charge is 0.191 e. The van der Waals surface area contributed by atoms with E-state index in [-0.39, 0.29) is 24.0 Å². The van der Waals surface area contributed by atoms with Crippen LogP contribution < -0.4 is 5.73 Å². The largest absolute Gasteiger partial charge is 0.370 e. The summed E-state index contributed by atoms with van der Waals surface area (Å²) >= 11 is 0. The maximum absolute atomic E-state index is 5.88. The highest BCUT2D eigenvalue weighted by molar-refractivity contribution is 14.0. The molecule has 0 amide bonds. The average molecular weight is 348 g/mol. The van der Waals surface area contributed by atoms with Crippen LogP contribution in [-0.4, -0.2) is 28.9 Å². The van der Waals surface area contributed by atoms with Crippen LogP contribution in [0.15, 0.2) is 23.5 Å². The van der Waals surface area contributed by atoms with Gasteiger partial charge in [0.15, 0.2) is 5.96 Å². The van der Waals surface area contributed by atoms with E-state index in [4.69, 9.17) is 5.73 Å². The Labute approximate surface area is 120 Å². The highest BCUT2D eigenvalue weighted by Crippen LogP contribution is 2.03. The van der Waals surface area contributed by atoms with Crippen molar-refractivity contribution in [3.63, 3.8) is 0 Å². The lowest BCUT2D eigenvalue weighted by molar-refractivity contribution is 0.458. The van der Waals surface area contributed by atoms with Crippen molar-refractivity contribution in [3.8, 4) is 0 Å². The van der Waals surface area contributed by atoms with E-state index in [1.807, 2.05) is 24.2 Å². The first kappa shape index (κ1) is 16.1. The van der Waals surface area contributed by atoms with Crippen LogP contribution in [0.4, 0.5) is 0 Å². The number of nitrogens with two attached hydrogens (primary N) is 1. The van der Waals surface area contributed by atoms with Crippen LogP contribution in [0.3, 0.4) is 0 Å². The van der Waals surface area contributed by atoms with Crippen LogP contribution in [-0.2, 0) is 6.54 Å². The molecule has 4 nitrogen and oxygen atoms in total. The molecule has 17 heavy (non-hydrogen) atoms. The van der Waals surface area contributed by atoms with E-state index in [2.05, 4.69) is 29.9 Å². The molecule has 96 valence electrons. The molecule has 1 aromatic heterocycles. The summed E-state index contributed by atoms with van der Waals surface area (Å²) in [7, 11) is 0. The zero-order valence-corrected chi connectivity index (χ0v) is 13.0. The van der Waals surface area contributed by atoms with Crippen LogP contribution in [0.25, 0.3) is 0 Å². The van der Waals surface area contributed by atoms with E-state index in [0.29, 0.717) is 12.5 Å². The zero-order valence-electron chi connectivity index (χ0n) is 10.7. The second kappa shape index (κ2) is 8.27. The van der Waals surface area contributed by atoms with E-state index >= 15 is 0 Å². The molecule has 5 heteroatoms. The highest BCUT2D eigenvalue weighted by atomic mass is 127. The number of aromatic nitrogens is 1. The molecular formula is C12H21IN4. The van der Waals surface area contributed by atoms with Gasteiger partial charge in [0.1, 0.15) is 0 Å². The van der Waals surface area contributed by atoms with Gasteiger partial charge >= 0.3 is 0 Å². The Balaban J connectivity index is 0.00000256. The van der Waals surface area contributed by atoms with E-state index in [1.165, 1.54) is 0 Å². The number of hydrogen-bond donors (Lipinski definition) is 1. The molecular weight excluding hydrogens is 327 g/mol. The summed E-state index contributed by atoms with van der Waals surface area (Å²) in [6.07, 6.45) is 3.66. The Hall–Kier alpha value is -0.850. The minimum absolute atomic E-state index is 0. The van der Waals surface area contributed by atoms with Crippen LogP contribution in [0.5, 0.6) is 0 Å². The van der Waals surface area contributed by atoms with Crippen molar-refractivity contribution >= 4 is 29.9 Å². The molecule has 0 radical (unpaired) electrons. The van der Waals surface area contributed by atoms with Gasteiger partial charge in [0, 0.05) is 25.5 Å². The quantitative estimate of drug-likeness (QED) is 0.515. The van der Waals surface area contributed by atoms with Gasteiger partial charge < -0.3 is 10.6 Å². The number of guanidine groups is 1. The van der Waals surface area contributed by atoms with Gasteiger partial charge in [0.2, 0.25) is 0 Å². The number of pyridine rings is 1. The number of aliphatic imine (C=N–C) groups is 1. The first-order valence-electron chi connectivity index (χ1n) is 5.62. The van der Waals surface area contributed by atoms with Gasteiger partial charge in [-0.25, -0.2) is 4.99 Å². The number of hydrogen-bond acceptors (Lipinski definition) is 2. The number of halogens is 1. The Bertz CT molecular complexity index is 361. The lowest BCUT2D eigenvalue weighted by atomic mass is 10.2. The van der Waals surface area contributed by atoms with Crippen LogP contribution >= 0.6 is 24.0 Å². The van der Waals surface area contributed by atoms with Crippen molar-refractivity contribution in [2.75, 3.05) is 13.1 Å². The highest BCUT2D eigenvalue weighted by Gasteiger charge is 2.01. The molecule has 0 aliphatic heterocycles. The third kappa shape index (κ3) is 5.34. The molecule has 0 spiro atoms. The fourth-order valence-corrected chi connectivity index (χ4v) is 1.52. The molecule has 1 rings (SSSR count). The van der Waals surface area contributed by atoms with Crippen molar-refractivity contribution in [1.82, 2.24) is 9.88 Å². The molecule has 2 N–H and O–H groups in total. The number of rotatable bonds is 4. The van der Waals surface area contributed by atoms with E-state index < -0.39 is 0 Å². The summed E-state index contributed by atoms with van der Waals surface area (Å²) in [5.74, 6) is 0.603. The molecule has 1 aromatic rings. The Morgan fingerprint density at radius 3 is 2.53 bits per heavy atom. The van der Waals surface area contributed by atoms with Gasteiger partial charge in [-0.15, -0.1) is 24.0 Å². The maximum Gasteiger partial charge on any atom is 0.191 e. The predicted octanol–water partition coefficient (Wildman–Crippen LogP) is 2.16. The first-order valence-corrected chi connectivity index (χ1v) is 5.62. The molecule has 0 saturated carbocycles. The Morgan fingerprint density at radius 2 is 2.00 bits per heavy atom. The molecule has 0 aliphatic carbocycles. The summed E-state index contributed by atoms with van der Waals surface area (Å²) < 4.78 is 0. The van der Waals surface area contributed by atoms with Crippen LogP contribution in [0, 0.1) is 6.92 Å². The lowest BCUT2D eigenvalue weighted by Crippen LogP contribution is -2.37. The van der Waals surface area contributed by atoms with Gasteiger partial charge in [-0.3, -0.25) is 4.98 Å². The van der Waals surface area contributed by atoms with Gasteiger partial charge in [0.05, 0.1) is 6.54 Å². The normalized spacial score (nSPS) is 10.9. The summed E-state index contributed by atoms with van der Waals surface area (Å²) in [4.78, 5) is 10.5. The van der Waals surface area contributed by atoms with Crippen LogP contribution in [0.2, 0.25) is 0 Å². The second-order valence-electron chi connectivity index (χ2n) is 3.72. The number of nitrogens with zero attached hydrogens (tertiary/aromatic N) is 3. The fourth-order valence-electron chi connectivity index (χ4n) is 1.52. The Kier molecular flexibility index (Phi) is 7.86. The molecule has 0 fully saturated rings. The van der Waals surface area contributed by atoms with E-state index in [9.17, 15) is 0 Å². The molecule has 1 heterocycles. The standard InChI is InChI=1S/C12H20N4.HI/c1-4-16(5-2)12(13)15-9-11-6-10(3)7-14-8-11;/h6-8H,4-5,9H2,1-3H3,(H2,13,15);1H. The van der Waals surface area contributed by atoms with Crippen molar-refractivity contribution in [3.05, 3.63) is 29.6 Å². The molecule has 0 unspecified atom stereocenters. The van der Waals surface area contributed by atoms with Crippen molar-refractivity contribution in [2.45, 2.75) is 27.3 Å². The summed E-state index contributed by atoms with van der Waals surface area (Å²) in [6.45, 7) is 8.53. The lowest BCUT2D eigenvalue weighted by Gasteiger charge is -2.19. The first-order chi connectivity index (χ1) is 7.67. The molecule has 0 bridgehead atoms. The van der Waals surface area contributed by atoms with Gasteiger partial charge in [-0.2, -0.15) is 0 Å². The molecule has 0 aliphatic rings. The van der Waals surface area contributed by atoms with Gasteiger partial charge in [-0.05, 0) is 31.9 Å². The predicted molar refractivity (Wildman–Crippen MR) is 82.6 cm³/mol. The monoisotopic (exact) mass is 348 g/mol. The minimum Gasteiger partial charge on any atom is -0.370 e. The van der Waals surface area contributed by atoms with Crippen molar-refractivity contribution in [1.29, 1.82) is 0 Å². The van der Waals surface area contributed by atoms with Gasteiger partial charge in [-0.1, -0.05) is 6.07 Å². The molecule has 0 aromatic carbocycles. The van der Waals surface area contributed by atoms with Crippen LogP contribution in [0.1, 0.15) is 25.0 Å². The third-order valence-electron chi connectivity index (χ3n) is 2.44. The average Bonchev–Trinajstić information content (AvgIpc) is 2.28. The van der Waals surface area contributed by atoms with Gasteiger partial charge in [0.25, 0.3) is 0 Å². The summed E-state index contributed by atoms with van der Waals surface area (Å²) in [5.41, 5.74) is 8.12. The summed E-state index contributed by atoms with van der Waals surface area (Å²) in [6, 6.07) is 2.08. The van der Waals surface area contributed by atoms with E-state index in [1.54, 1.807) is 0 Å². The number of aryl methyl sites for hydroxylation is 1. The molecule has 0 atom stereocenters. The molecule has 0 saturated heterocycles. The topological polar surface area (TPSA) is 54.5 Å². The van der Waals surface area contributed by atoms with Crippen molar-refractivity contribution in [2.24, 2.45) is 10.7 Å². The Morgan fingerprint density at radius 1 is 1.35 bits per heavy atom. The fraction of sp³-hybridized carbons (Fsp3) is 0.500. The summed E-state index contributed by atoms with van der Waals surface area (Å²) in [5, 5.41) is 0. The SMILES string of the molecule is CCN(CC)C(N)=NCc1cncc(C)c1.I. The zero-order chi connectivity index (χ0) is 12.0. The van der Waals surface area contributed by atoms with E-state index in [0.717, 1.165) is 24.2 Å². The minimum atomic E-state index is 0. The second-order valence-corrected chi connectivity index (χ2v) is 3.72. The third-order valence-corrected chi connectivity index (χ3v) is 2.44. The maximum atomic E-state index is 5.88. The van der Waals surface area contributed by atoms with Crippen molar-refractivity contribution < 1.29 is 0 Å².